The van der Waals surface area contributed by atoms with Crippen molar-refractivity contribution in [1.82, 2.24) is 0 Å². The molecule has 3 rings (SSSR count). The van der Waals surface area contributed by atoms with Crippen molar-refractivity contribution in [3.8, 4) is 0 Å². The zero-order chi connectivity index (χ0) is 25.8. The van der Waals surface area contributed by atoms with Gasteiger partial charge in [0.05, 0.1) is 0 Å². The fourth-order valence-electron chi connectivity index (χ4n) is 1.88. The minimum absolute atomic E-state index is 0.618. The number of halogens is 10. The predicted octanol–water partition coefficient (Wildman–Crippen LogP) is 12.7. The normalized spacial score (nSPS) is 10.1. The van der Waals surface area contributed by atoms with Gasteiger partial charge in [0, 0.05) is 39.9 Å². The third-order valence-electron chi connectivity index (χ3n) is 2.93. The molecule has 0 nitrogen and oxygen atoms in total. The van der Waals surface area contributed by atoms with Gasteiger partial charge in [0.2, 0.25) is 0 Å². The van der Waals surface area contributed by atoms with Crippen molar-refractivity contribution < 1.29 is 0 Å². The van der Waals surface area contributed by atoms with E-state index in [0.717, 1.165) is 15.4 Å². The van der Waals surface area contributed by atoms with Crippen molar-refractivity contribution in [3.05, 3.63) is 90.3 Å². The van der Waals surface area contributed by atoms with Crippen LogP contribution in [-0.2, 0) is 0 Å². The van der Waals surface area contributed by atoms with E-state index in [9.17, 15) is 0 Å². The molecule has 3 aromatic rings. The Kier molecular flexibility index (Phi) is 19.5. The number of thiol groups is 1. The SMILES string of the molecule is CSc1cc(Cl)cc(Cl)c1.Cc1cc(Cl)cc(Cl)c1.Sc1cc(Cl)cc(Cl)c1.[Cl][Sn]([Cl])([Cl])[Cl]. The van der Waals surface area contributed by atoms with Crippen LogP contribution in [0.3, 0.4) is 0 Å². The van der Waals surface area contributed by atoms with Crippen molar-refractivity contribution >= 4 is 144 Å². The number of rotatable bonds is 1. The number of aryl methyl sites for hydroxylation is 1. The van der Waals surface area contributed by atoms with Gasteiger partial charge in [-0.15, -0.1) is 24.4 Å². The Bertz CT molecular complexity index is 836. The molecule has 0 radical (unpaired) electrons. The Morgan fingerprint density at radius 2 is 0.848 bits per heavy atom. The van der Waals surface area contributed by atoms with E-state index in [4.69, 9.17) is 105 Å². The second-order valence-corrected chi connectivity index (χ2v) is 35.3. The maximum absolute atomic E-state index is 5.73. The van der Waals surface area contributed by atoms with E-state index < -0.39 is 13.9 Å². The first-order valence-corrected chi connectivity index (χ1v) is 26.8. The van der Waals surface area contributed by atoms with Crippen LogP contribution in [0.25, 0.3) is 0 Å². The molecule has 0 fully saturated rings. The van der Waals surface area contributed by atoms with Crippen molar-refractivity contribution in [3.63, 3.8) is 0 Å². The van der Waals surface area contributed by atoms with E-state index in [0.29, 0.717) is 30.1 Å². The summed E-state index contributed by atoms with van der Waals surface area (Å²) < 4.78 is 0. The molecule has 0 amide bonds. The fraction of sp³-hybridized carbons (Fsp3) is 0.100. The molecule has 0 aromatic heterocycles. The van der Waals surface area contributed by atoms with Crippen LogP contribution in [0.4, 0.5) is 0 Å². The molecule has 0 spiro atoms. The molecule has 0 saturated carbocycles. The summed E-state index contributed by atoms with van der Waals surface area (Å²) >= 11 is 36.4. The van der Waals surface area contributed by atoms with Crippen molar-refractivity contribution in [2.24, 2.45) is 0 Å². The molecule has 0 aliphatic heterocycles. The van der Waals surface area contributed by atoms with Gasteiger partial charge in [-0.3, -0.25) is 0 Å². The second kappa shape index (κ2) is 18.3. The fourth-order valence-corrected chi connectivity index (χ4v) is 4.61. The summed E-state index contributed by atoms with van der Waals surface area (Å²) in [7, 11) is 20.1. The number of hydrogen-bond donors (Lipinski definition) is 1. The predicted molar refractivity (Wildman–Crippen MR) is 162 cm³/mol. The minimum atomic E-state index is -3.29. The molecule has 0 N–H and O–H groups in total. The monoisotopic (exact) mass is 790 g/mol. The number of hydrogen-bond acceptors (Lipinski definition) is 2. The molecular formula is C20H16Cl10S2Sn. The van der Waals surface area contributed by atoms with Gasteiger partial charge >= 0.3 is 49.6 Å². The van der Waals surface area contributed by atoms with Gasteiger partial charge in [-0.2, -0.15) is 0 Å². The summed E-state index contributed by atoms with van der Waals surface area (Å²) in [4.78, 5) is 1.88. The van der Waals surface area contributed by atoms with Crippen LogP contribution < -0.4 is 0 Å². The van der Waals surface area contributed by atoms with Gasteiger partial charge in [-0.05, 0) is 73.3 Å². The summed E-state index contributed by atoms with van der Waals surface area (Å²) in [6, 6.07) is 16.1. The molecule has 0 bridgehead atoms. The third kappa shape index (κ3) is 21.8. The topological polar surface area (TPSA) is 0 Å². The Morgan fingerprint density at radius 1 is 0.576 bits per heavy atom. The number of benzene rings is 3. The molecule has 13 heteroatoms. The van der Waals surface area contributed by atoms with Crippen LogP contribution in [0.15, 0.2) is 64.4 Å². The van der Waals surface area contributed by atoms with Crippen LogP contribution in [-0.4, -0.2) is 20.1 Å². The number of thioether (sulfide) groups is 1. The Morgan fingerprint density at radius 3 is 1.09 bits per heavy atom. The average Bonchev–Trinajstić information content (AvgIpc) is 2.58. The van der Waals surface area contributed by atoms with E-state index >= 15 is 0 Å². The van der Waals surface area contributed by atoms with E-state index in [1.807, 2.05) is 37.4 Å². The Hall–Kier alpha value is 2.06. The molecule has 0 unspecified atom stereocenters. The Balaban J connectivity index is 0.000000425. The first-order chi connectivity index (χ1) is 15.1. The molecule has 0 heterocycles. The first kappa shape index (κ1) is 35.1. The molecule has 0 aliphatic carbocycles. The van der Waals surface area contributed by atoms with Crippen LogP contribution in [0, 0.1) is 6.92 Å². The summed E-state index contributed by atoms with van der Waals surface area (Å²) in [6.45, 7) is 1.96. The van der Waals surface area contributed by atoms with E-state index in [-0.39, 0.29) is 0 Å². The molecule has 3 aromatic carbocycles. The van der Waals surface area contributed by atoms with Gasteiger partial charge in [-0.1, -0.05) is 69.6 Å². The summed E-state index contributed by atoms with van der Waals surface area (Å²) in [5.41, 5.74) is 1.09. The summed E-state index contributed by atoms with van der Waals surface area (Å²) in [5.74, 6) is 0. The van der Waals surface area contributed by atoms with E-state index in [1.165, 1.54) is 0 Å². The zero-order valence-corrected chi connectivity index (χ0v) is 29.0. The van der Waals surface area contributed by atoms with Crippen LogP contribution in [0.1, 0.15) is 5.56 Å². The standard InChI is InChI=1S/C7H6Cl2S.C7H6Cl2.C6H4Cl2S.4ClH.Sn/c1-10-7-3-5(8)2-6(9)4-7;1-5-2-6(8)4-7(9)3-5;7-4-1-5(8)3-6(9)2-4;;;;;/h2-4H,1H3;2-4H,1H3;1-3,9H;4*1H;/q;;;;;;;+4/p-4. The van der Waals surface area contributed by atoms with Crippen molar-refractivity contribution in [1.29, 1.82) is 0 Å². The molecule has 33 heavy (non-hydrogen) atoms. The maximum atomic E-state index is 5.73. The van der Waals surface area contributed by atoms with Gasteiger partial charge in [0.1, 0.15) is 0 Å². The third-order valence-corrected chi connectivity index (χ3v) is 5.20. The Labute approximate surface area is 253 Å². The summed E-state index contributed by atoms with van der Waals surface area (Å²) in [5, 5.41) is 4.01. The van der Waals surface area contributed by atoms with Crippen LogP contribution in [0.2, 0.25) is 30.1 Å². The van der Waals surface area contributed by atoms with E-state index in [1.54, 1.807) is 42.1 Å². The zero-order valence-electron chi connectivity index (χ0n) is 16.8. The molecule has 0 atom stereocenters. The quantitative estimate of drug-likeness (QED) is 0.145. The van der Waals surface area contributed by atoms with Gasteiger partial charge < -0.3 is 0 Å². The van der Waals surface area contributed by atoms with E-state index in [2.05, 4.69) is 12.6 Å². The summed E-state index contributed by atoms with van der Waals surface area (Å²) in [6.07, 6.45) is 1.99. The van der Waals surface area contributed by atoms with Crippen molar-refractivity contribution in [2.75, 3.05) is 6.26 Å². The van der Waals surface area contributed by atoms with Gasteiger partial charge in [-0.25, -0.2) is 0 Å². The van der Waals surface area contributed by atoms with Crippen molar-refractivity contribution in [2.45, 2.75) is 16.7 Å². The van der Waals surface area contributed by atoms with Crippen LogP contribution >= 0.6 is 130 Å². The molecule has 182 valence electrons. The molecular weight excluding hydrogens is 778 g/mol. The van der Waals surface area contributed by atoms with Gasteiger partial charge in [0.25, 0.3) is 0 Å². The average molecular weight is 794 g/mol. The van der Waals surface area contributed by atoms with Crippen LogP contribution in [0.5, 0.6) is 0 Å². The van der Waals surface area contributed by atoms with Gasteiger partial charge in [0.15, 0.2) is 0 Å². The molecule has 0 aliphatic rings. The molecule has 0 saturated heterocycles. The second-order valence-electron chi connectivity index (χ2n) is 5.81. The first-order valence-electron chi connectivity index (χ1n) is 8.42.